The highest BCUT2D eigenvalue weighted by Crippen LogP contribution is 2.20. The lowest BCUT2D eigenvalue weighted by atomic mass is 10.1. The Morgan fingerprint density at radius 3 is 3.12 bits per heavy atom. The van der Waals surface area contributed by atoms with Crippen LogP contribution in [0.25, 0.3) is 0 Å². The summed E-state index contributed by atoms with van der Waals surface area (Å²) in [6.07, 6.45) is 4.84. The first-order chi connectivity index (χ1) is 7.90. The first kappa shape index (κ1) is 14.4. The molecule has 0 radical (unpaired) electrons. The van der Waals surface area contributed by atoms with Gasteiger partial charge in [0.1, 0.15) is 6.61 Å². The van der Waals surface area contributed by atoms with Crippen molar-refractivity contribution in [1.82, 2.24) is 15.5 Å². The number of halogens is 1. The van der Waals surface area contributed by atoms with Crippen LogP contribution in [0.15, 0.2) is 4.52 Å². The van der Waals surface area contributed by atoms with Gasteiger partial charge in [-0.05, 0) is 26.3 Å². The summed E-state index contributed by atoms with van der Waals surface area (Å²) >= 11 is 0. The molecule has 0 bridgehead atoms. The molecule has 0 aliphatic carbocycles. The maximum absolute atomic E-state index is 5.23. The molecule has 1 fully saturated rings. The standard InChI is InChI=1S/C11H19N3O2.ClH/c1-2-15-8-10-13-11(14-16-10)9-6-4-3-5-7-12-9;/h9,12H,2-8H2,1H3;1H. The van der Waals surface area contributed by atoms with Crippen molar-refractivity contribution >= 4 is 12.4 Å². The zero-order valence-electron chi connectivity index (χ0n) is 10.1. The molecule has 1 aromatic rings. The number of aromatic nitrogens is 2. The van der Waals surface area contributed by atoms with Crippen LogP contribution >= 0.6 is 12.4 Å². The monoisotopic (exact) mass is 261 g/mol. The third-order valence-corrected chi connectivity index (χ3v) is 2.79. The van der Waals surface area contributed by atoms with Crippen LogP contribution in [0.1, 0.15) is 50.4 Å². The second kappa shape index (κ2) is 7.63. The van der Waals surface area contributed by atoms with Gasteiger partial charge in [-0.1, -0.05) is 18.0 Å². The minimum atomic E-state index is 0. The van der Waals surface area contributed by atoms with E-state index in [2.05, 4.69) is 15.5 Å². The van der Waals surface area contributed by atoms with E-state index in [1.165, 1.54) is 19.3 Å². The molecule has 1 unspecified atom stereocenters. The quantitative estimate of drug-likeness (QED) is 0.901. The van der Waals surface area contributed by atoms with Crippen molar-refractivity contribution in [3.05, 3.63) is 11.7 Å². The predicted molar refractivity (Wildman–Crippen MR) is 66.1 cm³/mol. The molecule has 0 spiro atoms. The first-order valence-corrected chi connectivity index (χ1v) is 6.03. The van der Waals surface area contributed by atoms with Gasteiger partial charge in [0.15, 0.2) is 5.82 Å². The van der Waals surface area contributed by atoms with E-state index in [4.69, 9.17) is 9.26 Å². The molecule has 1 aliphatic heterocycles. The fourth-order valence-electron chi connectivity index (χ4n) is 1.91. The Hall–Kier alpha value is -0.650. The molecular weight excluding hydrogens is 242 g/mol. The highest BCUT2D eigenvalue weighted by Gasteiger charge is 2.19. The summed E-state index contributed by atoms with van der Waals surface area (Å²) in [6, 6.07) is 0.252. The summed E-state index contributed by atoms with van der Waals surface area (Å²) in [5.74, 6) is 1.35. The molecule has 2 rings (SSSR count). The van der Waals surface area contributed by atoms with Gasteiger partial charge >= 0.3 is 0 Å². The molecular formula is C11H20ClN3O2. The average Bonchev–Trinajstić information content (AvgIpc) is 2.60. The molecule has 2 heterocycles. The van der Waals surface area contributed by atoms with Gasteiger partial charge in [-0.15, -0.1) is 12.4 Å². The van der Waals surface area contributed by atoms with Gasteiger partial charge in [0.05, 0.1) is 6.04 Å². The van der Waals surface area contributed by atoms with Crippen molar-refractivity contribution in [1.29, 1.82) is 0 Å². The molecule has 5 nitrogen and oxygen atoms in total. The van der Waals surface area contributed by atoms with Crippen molar-refractivity contribution in [3.63, 3.8) is 0 Å². The Morgan fingerprint density at radius 2 is 2.29 bits per heavy atom. The molecule has 1 aliphatic rings. The smallest absolute Gasteiger partial charge is 0.252 e. The topological polar surface area (TPSA) is 60.2 Å². The Bertz CT molecular complexity index is 311. The van der Waals surface area contributed by atoms with Gasteiger partial charge in [-0.25, -0.2) is 0 Å². The van der Waals surface area contributed by atoms with E-state index in [1.807, 2.05) is 6.92 Å². The van der Waals surface area contributed by atoms with Gasteiger partial charge in [-0.2, -0.15) is 4.98 Å². The zero-order chi connectivity index (χ0) is 11.2. The number of hydrogen-bond acceptors (Lipinski definition) is 5. The molecule has 98 valence electrons. The molecule has 1 aromatic heterocycles. The van der Waals surface area contributed by atoms with Crippen molar-refractivity contribution in [2.45, 2.75) is 45.3 Å². The molecule has 0 saturated carbocycles. The highest BCUT2D eigenvalue weighted by molar-refractivity contribution is 5.85. The Morgan fingerprint density at radius 1 is 1.41 bits per heavy atom. The third-order valence-electron chi connectivity index (χ3n) is 2.79. The highest BCUT2D eigenvalue weighted by atomic mass is 35.5. The van der Waals surface area contributed by atoms with Crippen LogP contribution in [0, 0.1) is 0 Å². The van der Waals surface area contributed by atoms with Crippen LogP contribution in [-0.2, 0) is 11.3 Å². The lowest BCUT2D eigenvalue weighted by Crippen LogP contribution is -2.21. The van der Waals surface area contributed by atoms with E-state index in [9.17, 15) is 0 Å². The normalized spacial score (nSPS) is 20.6. The van der Waals surface area contributed by atoms with E-state index in [1.54, 1.807) is 0 Å². The van der Waals surface area contributed by atoms with E-state index in [0.29, 0.717) is 19.1 Å². The molecule has 17 heavy (non-hydrogen) atoms. The van der Waals surface area contributed by atoms with Gasteiger partial charge < -0.3 is 14.6 Å². The predicted octanol–water partition coefficient (Wildman–Crippen LogP) is 2.23. The van der Waals surface area contributed by atoms with Gasteiger partial charge in [-0.3, -0.25) is 0 Å². The van der Waals surface area contributed by atoms with Gasteiger partial charge in [0.2, 0.25) is 0 Å². The van der Waals surface area contributed by atoms with Crippen LogP contribution in [0.4, 0.5) is 0 Å². The van der Waals surface area contributed by atoms with Crippen LogP contribution in [-0.4, -0.2) is 23.3 Å². The van der Waals surface area contributed by atoms with Crippen LogP contribution in [0.5, 0.6) is 0 Å². The summed E-state index contributed by atoms with van der Waals surface area (Å²) in [7, 11) is 0. The summed E-state index contributed by atoms with van der Waals surface area (Å²) in [6.45, 7) is 4.07. The summed E-state index contributed by atoms with van der Waals surface area (Å²) in [5.41, 5.74) is 0. The molecule has 1 saturated heterocycles. The summed E-state index contributed by atoms with van der Waals surface area (Å²) in [5, 5.41) is 7.45. The van der Waals surface area contributed by atoms with E-state index in [-0.39, 0.29) is 18.4 Å². The molecule has 6 heteroatoms. The van der Waals surface area contributed by atoms with E-state index >= 15 is 0 Å². The minimum absolute atomic E-state index is 0. The number of hydrogen-bond donors (Lipinski definition) is 1. The van der Waals surface area contributed by atoms with E-state index in [0.717, 1.165) is 18.8 Å². The first-order valence-electron chi connectivity index (χ1n) is 6.03. The lowest BCUT2D eigenvalue weighted by molar-refractivity contribution is 0.109. The number of ether oxygens (including phenoxy) is 1. The largest absolute Gasteiger partial charge is 0.372 e. The number of rotatable bonds is 4. The van der Waals surface area contributed by atoms with Crippen molar-refractivity contribution in [2.24, 2.45) is 0 Å². The van der Waals surface area contributed by atoms with Gasteiger partial charge in [0.25, 0.3) is 5.89 Å². The second-order valence-corrected chi connectivity index (χ2v) is 4.04. The molecule has 1 atom stereocenters. The molecule has 0 amide bonds. The fourth-order valence-corrected chi connectivity index (χ4v) is 1.91. The molecule has 1 N–H and O–H groups in total. The zero-order valence-corrected chi connectivity index (χ0v) is 11.0. The van der Waals surface area contributed by atoms with Gasteiger partial charge in [0, 0.05) is 6.61 Å². The maximum atomic E-state index is 5.23. The molecule has 0 aromatic carbocycles. The van der Waals surface area contributed by atoms with E-state index < -0.39 is 0 Å². The summed E-state index contributed by atoms with van der Waals surface area (Å²) in [4.78, 5) is 4.35. The van der Waals surface area contributed by atoms with Crippen LogP contribution < -0.4 is 5.32 Å². The third kappa shape index (κ3) is 4.26. The van der Waals surface area contributed by atoms with Crippen LogP contribution in [0.2, 0.25) is 0 Å². The fraction of sp³-hybridized carbons (Fsp3) is 0.818. The maximum Gasteiger partial charge on any atom is 0.252 e. The van der Waals surface area contributed by atoms with Crippen molar-refractivity contribution < 1.29 is 9.26 Å². The Balaban J connectivity index is 0.00000144. The van der Waals surface area contributed by atoms with Crippen LogP contribution in [0.3, 0.4) is 0 Å². The Labute approximate surface area is 108 Å². The summed E-state index contributed by atoms with van der Waals surface area (Å²) < 4.78 is 10.4. The Kier molecular flexibility index (Phi) is 6.47. The minimum Gasteiger partial charge on any atom is -0.372 e. The SMILES string of the molecule is CCOCc1nc(C2CCCCCN2)no1.Cl. The average molecular weight is 262 g/mol. The number of nitrogens with zero attached hydrogens (tertiary/aromatic N) is 2. The van der Waals surface area contributed by atoms with Crippen molar-refractivity contribution in [2.75, 3.05) is 13.2 Å². The number of nitrogens with one attached hydrogen (secondary N) is 1. The lowest BCUT2D eigenvalue weighted by Gasteiger charge is -2.09. The van der Waals surface area contributed by atoms with Crippen molar-refractivity contribution in [3.8, 4) is 0 Å². The second-order valence-electron chi connectivity index (χ2n) is 4.04.